The summed E-state index contributed by atoms with van der Waals surface area (Å²) in [4.78, 5) is 0. The van der Waals surface area contributed by atoms with E-state index in [4.69, 9.17) is 4.43 Å². The van der Waals surface area contributed by atoms with Gasteiger partial charge < -0.3 is 8.99 Å². The molecule has 0 aliphatic carbocycles. The van der Waals surface area contributed by atoms with Crippen LogP contribution in [0.2, 0.25) is 16.6 Å². The van der Waals surface area contributed by atoms with E-state index in [2.05, 4.69) is 66.0 Å². The van der Waals surface area contributed by atoms with Gasteiger partial charge in [0.1, 0.15) is 5.76 Å². The Labute approximate surface area is 168 Å². The minimum absolute atomic E-state index is 0.607. The number of hydrogen-bond acceptors (Lipinski definition) is 1. The van der Waals surface area contributed by atoms with Crippen molar-refractivity contribution < 1.29 is 4.43 Å². The summed E-state index contributed by atoms with van der Waals surface area (Å²) in [6.45, 7) is 18.9. The van der Waals surface area contributed by atoms with Crippen LogP contribution in [0.25, 0.3) is 5.76 Å². The van der Waals surface area contributed by atoms with Gasteiger partial charge in [0.25, 0.3) is 8.32 Å². The molecule has 1 aromatic heterocycles. The first-order valence-corrected chi connectivity index (χ1v) is 13.5. The lowest BCUT2D eigenvalue weighted by molar-refractivity contribution is 0.419. The van der Waals surface area contributed by atoms with Crippen LogP contribution < -0.4 is 0 Å². The molecule has 0 unspecified atom stereocenters. The molecule has 2 aliphatic heterocycles. The van der Waals surface area contributed by atoms with Crippen molar-refractivity contribution in [3.05, 3.63) is 28.6 Å². The molecule has 1 atom stereocenters. The number of nitrogens with zero attached hydrogens (tertiary/aromatic N) is 1. The Morgan fingerprint density at radius 3 is 2.19 bits per heavy atom. The van der Waals surface area contributed by atoms with E-state index in [1.807, 2.05) is 0 Å². The van der Waals surface area contributed by atoms with Crippen molar-refractivity contribution in [2.75, 3.05) is 0 Å². The molecule has 0 amide bonds. The molecule has 3 rings (SSSR count). The minimum Gasteiger partial charge on any atom is -0.542 e. The largest absolute Gasteiger partial charge is 0.542 e. The molecule has 3 heterocycles. The van der Waals surface area contributed by atoms with Crippen LogP contribution in [0.3, 0.4) is 0 Å². The minimum atomic E-state index is -1.94. The smallest absolute Gasteiger partial charge is 0.258 e. The molecular formula is C24H41NOSi. The highest BCUT2D eigenvalue weighted by molar-refractivity contribution is 6.78. The van der Waals surface area contributed by atoms with E-state index in [1.54, 1.807) is 17.0 Å². The number of aromatic nitrogens is 1. The van der Waals surface area contributed by atoms with Gasteiger partial charge in [-0.05, 0) is 73.7 Å². The van der Waals surface area contributed by atoms with E-state index in [1.165, 1.54) is 43.4 Å². The Hall–Kier alpha value is -0.963. The lowest BCUT2D eigenvalue weighted by Crippen LogP contribution is -2.47. The highest BCUT2D eigenvalue weighted by atomic mass is 28.4. The maximum Gasteiger partial charge on any atom is 0.258 e. The summed E-state index contributed by atoms with van der Waals surface area (Å²) in [6, 6.07) is 0.753. The zero-order valence-electron chi connectivity index (χ0n) is 19.0. The normalized spacial score (nSPS) is 20.1. The van der Waals surface area contributed by atoms with E-state index in [-0.39, 0.29) is 0 Å². The van der Waals surface area contributed by atoms with Crippen LogP contribution in [0.15, 0.2) is 6.08 Å². The molecule has 3 heteroatoms. The van der Waals surface area contributed by atoms with Crippen molar-refractivity contribution in [2.24, 2.45) is 0 Å². The maximum atomic E-state index is 7.23. The van der Waals surface area contributed by atoms with E-state index in [0.717, 1.165) is 12.5 Å². The Balaban J connectivity index is 2.11. The second kappa shape index (κ2) is 7.81. The molecule has 152 valence electrons. The van der Waals surface area contributed by atoms with E-state index in [9.17, 15) is 0 Å². The summed E-state index contributed by atoms with van der Waals surface area (Å²) in [5.41, 5.74) is 8.10. The van der Waals surface area contributed by atoms with Crippen LogP contribution in [0.1, 0.15) is 103 Å². The van der Waals surface area contributed by atoms with E-state index < -0.39 is 8.32 Å². The lowest BCUT2D eigenvalue weighted by Gasteiger charge is -2.43. The average Bonchev–Trinajstić information content (AvgIpc) is 3.18. The molecule has 2 nitrogen and oxygen atoms in total. The Bertz CT molecular complexity index is 685. The zero-order valence-corrected chi connectivity index (χ0v) is 20.0. The molecule has 0 radical (unpaired) electrons. The van der Waals surface area contributed by atoms with Crippen LogP contribution in [0.4, 0.5) is 0 Å². The summed E-state index contributed by atoms with van der Waals surface area (Å²) in [7, 11) is -1.94. The molecule has 0 saturated carbocycles. The molecular weight excluding hydrogens is 346 g/mol. The molecule has 0 fully saturated rings. The van der Waals surface area contributed by atoms with Gasteiger partial charge in [-0.2, -0.15) is 0 Å². The van der Waals surface area contributed by atoms with Crippen LogP contribution >= 0.6 is 0 Å². The predicted octanol–water partition coefficient (Wildman–Crippen LogP) is 7.43. The van der Waals surface area contributed by atoms with E-state index >= 15 is 0 Å². The Morgan fingerprint density at radius 2 is 1.67 bits per heavy atom. The van der Waals surface area contributed by atoms with Gasteiger partial charge in [-0.15, -0.1) is 0 Å². The van der Waals surface area contributed by atoms with Gasteiger partial charge in [-0.25, -0.2) is 0 Å². The van der Waals surface area contributed by atoms with Gasteiger partial charge in [-0.3, -0.25) is 0 Å². The van der Waals surface area contributed by atoms with Gasteiger partial charge in [-0.1, -0.05) is 48.5 Å². The summed E-state index contributed by atoms with van der Waals surface area (Å²) < 4.78 is 9.96. The Kier molecular flexibility index (Phi) is 6.01. The molecule has 2 aliphatic rings. The number of hydrogen-bond donors (Lipinski definition) is 0. The van der Waals surface area contributed by atoms with Gasteiger partial charge in [0.15, 0.2) is 0 Å². The molecule has 0 aromatic carbocycles. The van der Waals surface area contributed by atoms with E-state index in [0.29, 0.717) is 16.6 Å². The van der Waals surface area contributed by atoms with Crippen molar-refractivity contribution in [3.63, 3.8) is 0 Å². The molecule has 0 spiro atoms. The zero-order chi connectivity index (χ0) is 19.9. The second-order valence-corrected chi connectivity index (χ2v) is 15.0. The monoisotopic (exact) mass is 387 g/mol. The first-order chi connectivity index (χ1) is 12.8. The van der Waals surface area contributed by atoms with Crippen LogP contribution in [-0.2, 0) is 23.7 Å². The Morgan fingerprint density at radius 1 is 1.04 bits per heavy atom. The highest BCUT2D eigenvalue weighted by Crippen LogP contribution is 2.48. The third kappa shape index (κ3) is 3.14. The summed E-state index contributed by atoms with van der Waals surface area (Å²) >= 11 is 0. The molecule has 0 bridgehead atoms. The summed E-state index contributed by atoms with van der Waals surface area (Å²) in [6.07, 6.45) is 9.94. The van der Waals surface area contributed by atoms with Gasteiger partial charge >= 0.3 is 0 Å². The lowest BCUT2D eigenvalue weighted by atomic mass is 9.94. The highest BCUT2D eigenvalue weighted by Gasteiger charge is 2.48. The second-order valence-electron chi connectivity index (χ2n) is 9.63. The average molecular weight is 388 g/mol. The van der Waals surface area contributed by atoms with Crippen molar-refractivity contribution in [1.82, 2.24) is 4.57 Å². The first-order valence-electron chi connectivity index (χ1n) is 11.4. The van der Waals surface area contributed by atoms with Gasteiger partial charge in [0.05, 0.1) is 0 Å². The van der Waals surface area contributed by atoms with Crippen LogP contribution in [-0.4, -0.2) is 12.9 Å². The standard InChI is InChI=1S/C24H41NOSi/c1-9-20-21-13-11-12-19-14-15-22(25(19)21)24(20)23(10-2)26-27(16(3)4,17(5)6)18(7)8/h10,16-19H,9,11-15H2,1-8H3/b23-10-/t19-/m1/s1. The van der Waals surface area contributed by atoms with Crippen molar-refractivity contribution in [2.45, 2.75) is 117 Å². The number of rotatable bonds is 7. The molecule has 27 heavy (non-hydrogen) atoms. The predicted molar refractivity (Wildman–Crippen MR) is 120 cm³/mol. The molecule has 0 N–H and O–H groups in total. The third-order valence-corrected chi connectivity index (χ3v) is 13.4. The quantitative estimate of drug-likeness (QED) is 0.350. The van der Waals surface area contributed by atoms with Crippen LogP contribution in [0, 0.1) is 0 Å². The topological polar surface area (TPSA) is 14.2 Å². The van der Waals surface area contributed by atoms with Crippen molar-refractivity contribution in [3.8, 4) is 0 Å². The van der Waals surface area contributed by atoms with Gasteiger partial charge in [0.2, 0.25) is 0 Å². The SMILES string of the molecule is C/C=C(\O[Si](C(C)C)(C(C)C)C(C)C)c1c(CC)c2n3c1CC[C@H]3CCC2. The summed E-state index contributed by atoms with van der Waals surface area (Å²) in [5, 5.41) is 0. The summed E-state index contributed by atoms with van der Waals surface area (Å²) in [5.74, 6) is 1.20. The van der Waals surface area contributed by atoms with Gasteiger partial charge in [0, 0.05) is 23.0 Å². The third-order valence-electron chi connectivity index (χ3n) is 7.41. The fourth-order valence-corrected chi connectivity index (χ4v) is 11.7. The number of allylic oxidation sites excluding steroid dienone is 1. The fourth-order valence-electron chi connectivity index (χ4n) is 6.39. The van der Waals surface area contributed by atoms with Crippen molar-refractivity contribution >= 4 is 14.1 Å². The van der Waals surface area contributed by atoms with Crippen LogP contribution in [0.5, 0.6) is 0 Å². The molecule has 1 aromatic rings. The maximum absolute atomic E-state index is 7.23. The fraction of sp³-hybridized carbons (Fsp3) is 0.750. The first kappa shape index (κ1) is 20.8. The molecule has 0 saturated heterocycles. The van der Waals surface area contributed by atoms with Crippen molar-refractivity contribution in [1.29, 1.82) is 0 Å².